The van der Waals surface area contributed by atoms with Gasteiger partial charge in [-0.05, 0) is 25.8 Å². The van der Waals surface area contributed by atoms with E-state index in [1.54, 1.807) is 0 Å². The second-order valence-corrected chi connectivity index (χ2v) is 5.47. The molecule has 0 bridgehead atoms. The van der Waals surface area contributed by atoms with Gasteiger partial charge in [0.2, 0.25) is 6.79 Å². The summed E-state index contributed by atoms with van der Waals surface area (Å²) in [6.45, 7) is 4.21. The van der Waals surface area contributed by atoms with Gasteiger partial charge >= 0.3 is 0 Å². The number of nitrogens with two attached hydrogens (primary N) is 1. The summed E-state index contributed by atoms with van der Waals surface area (Å²) in [6.07, 6.45) is 5.47. The third kappa shape index (κ3) is 2.83. The predicted molar refractivity (Wildman–Crippen MR) is 82.8 cm³/mol. The molecule has 0 atom stereocenters. The molecule has 3 rings (SSSR count). The molecule has 0 aliphatic carbocycles. The van der Waals surface area contributed by atoms with Crippen LogP contribution in [-0.4, -0.2) is 22.9 Å². The van der Waals surface area contributed by atoms with Gasteiger partial charge in [-0.1, -0.05) is 13.3 Å². The van der Waals surface area contributed by atoms with E-state index in [0.717, 1.165) is 67.1 Å². The van der Waals surface area contributed by atoms with Gasteiger partial charge in [-0.3, -0.25) is 0 Å². The molecule has 21 heavy (non-hydrogen) atoms. The summed E-state index contributed by atoms with van der Waals surface area (Å²) >= 11 is 0. The lowest BCUT2D eigenvalue weighted by Gasteiger charge is -2.09. The van der Waals surface area contributed by atoms with Gasteiger partial charge in [-0.2, -0.15) is 0 Å². The number of aromatic nitrogens is 2. The van der Waals surface area contributed by atoms with Gasteiger partial charge in [-0.25, -0.2) is 4.98 Å². The Hall–Kier alpha value is -1.75. The van der Waals surface area contributed by atoms with Crippen molar-refractivity contribution in [1.29, 1.82) is 0 Å². The number of fused-ring (bicyclic) bond motifs is 2. The fraction of sp³-hybridized carbons (Fsp3) is 0.562. The molecular weight excluding hydrogens is 266 g/mol. The van der Waals surface area contributed by atoms with Gasteiger partial charge in [0.15, 0.2) is 11.5 Å². The molecule has 2 aromatic rings. The quantitative estimate of drug-likeness (QED) is 0.796. The molecule has 0 radical (unpaired) electrons. The predicted octanol–water partition coefficient (Wildman–Crippen LogP) is 2.85. The largest absolute Gasteiger partial charge is 0.454 e. The number of aryl methyl sites for hydroxylation is 2. The fourth-order valence-corrected chi connectivity index (χ4v) is 2.75. The molecule has 2 N–H and O–H groups in total. The monoisotopic (exact) mass is 289 g/mol. The molecule has 0 spiro atoms. The number of rotatable bonds is 7. The Kier molecular flexibility index (Phi) is 4.29. The average molecular weight is 289 g/mol. The molecule has 0 unspecified atom stereocenters. The number of hydrogen-bond acceptors (Lipinski definition) is 4. The number of nitrogens with zero attached hydrogens (tertiary/aromatic N) is 2. The normalized spacial score (nSPS) is 13.2. The van der Waals surface area contributed by atoms with Crippen molar-refractivity contribution in [3.63, 3.8) is 0 Å². The molecule has 1 aromatic carbocycles. The Labute approximate surface area is 125 Å². The number of unbranched alkanes of at least 4 members (excludes halogenated alkanes) is 2. The van der Waals surface area contributed by atoms with Gasteiger partial charge < -0.3 is 19.8 Å². The van der Waals surface area contributed by atoms with E-state index >= 15 is 0 Å². The van der Waals surface area contributed by atoms with Crippen LogP contribution in [0, 0.1) is 0 Å². The van der Waals surface area contributed by atoms with Gasteiger partial charge in [-0.15, -0.1) is 0 Å². The first kappa shape index (κ1) is 14.2. The highest BCUT2D eigenvalue weighted by Gasteiger charge is 2.18. The van der Waals surface area contributed by atoms with Crippen LogP contribution in [0.15, 0.2) is 12.1 Å². The first-order valence-electron chi connectivity index (χ1n) is 7.82. The Balaban J connectivity index is 1.96. The lowest BCUT2D eigenvalue weighted by molar-refractivity contribution is 0.174. The summed E-state index contributed by atoms with van der Waals surface area (Å²) < 4.78 is 13.3. The Bertz CT molecular complexity index is 621. The van der Waals surface area contributed by atoms with Crippen molar-refractivity contribution in [2.75, 3.05) is 13.3 Å². The molecule has 1 aromatic heterocycles. The van der Waals surface area contributed by atoms with Crippen molar-refractivity contribution in [3.8, 4) is 11.5 Å². The Morgan fingerprint density at radius 2 is 2.00 bits per heavy atom. The Morgan fingerprint density at radius 3 is 2.76 bits per heavy atom. The molecule has 0 saturated carbocycles. The van der Waals surface area contributed by atoms with Crippen LogP contribution in [0.1, 0.15) is 38.4 Å². The minimum atomic E-state index is 0.303. The van der Waals surface area contributed by atoms with Crippen LogP contribution in [0.5, 0.6) is 11.5 Å². The number of imidazole rings is 1. The van der Waals surface area contributed by atoms with E-state index in [-0.39, 0.29) is 0 Å². The van der Waals surface area contributed by atoms with E-state index in [1.165, 1.54) is 6.42 Å². The van der Waals surface area contributed by atoms with Gasteiger partial charge in [0.1, 0.15) is 5.82 Å². The fourth-order valence-electron chi connectivity index (χ4n) is 2.75. The third-order valence-electron chi connectivity index (χ3n) is 3.91. The second-order valence-electron chi connectivity index (χ2n) is 5.47. The topological polar surface area (TPSA) is 62.3 Å². The van der Waals surface area contributed by atoms with Crippen molar-refractivity contribution in [3.05, 3.63) is 18.0 Å². The lowest BCUT2D eigenvalue weighted by Crippen LogP contribution is -2.07. The highest BCUT2D eigenvalue weighted by Crippen LogP contribution is 2.36. The zero-order valence-electron chi connectivity index (χ0n) is 12.6. The first-order valence-corrected chi connectivity index (χ1v) is 7.82. The summed E-state index contributed by atoms with van der Waals surface area (Å²) in [5, 5.41) is 0. The molecule has 1 aliphatic heterocycles. The summed E-state index contributed by atoms with van der Waals surface area (Å²) in [6, 6.07) is 4.05. The summed E-state index contributed by atoms with van der Waals surface area (Å²) in [5.74, 6) is 2.79. The average Bonchev–Trinajstić information content (AvgIpc) is 3.07. The standard InChI is InChI=1S/C16H23N3O2/c1-2-3-6-16-18-12-9-14-15(21-11-20-14)10-13(12)19(16)8-5-4-7-17/h9-10H,2-8,11,17H2,1H3. The number of ether oxygens (including phenoxy) is 2. The van der Waals surface area contributed by atoms with Gasteiger partial charge in [0, 0.05) is 25.1 Å². The highest BCUT2D eigenvalue weighted by molar-refractivity contribution is 5.81. The van der Waals surface area contributed by atoms with E-state index in [0.29, 0.717) is 6.79 Å². The molecule has 1 aliphatic rings. The number of hydrogen-bond donors (Lipinski definition) is 1. The van der Waals surface area contributed by atoms with Crippen LogP contribution in [-0.2, 0) is 13.0 Å². The van der Waals surface area contributed by atoms with Crippen molar-refractivity contribution < 1.29 is 9.47 Å². The SMILES string of the molecule is CCCCc1nc2cc3c(cc2n1CCCCN)OCO3. The van der Waals surface area contributed by atoms with Crippen LogP contribution >= 0.6 is 0 Å². The molecule has 5 heteroatoms. The maximum Gasteiger partial charge on any atom is 0.231 e. The zero-order chi connectivity index (χ0) is 14.7. The van der Waals surface area contributed by atoms with Gasteiger partial charge in [0.05, 0.1) is 11.0 Å². The minimum Gasteiger partial charge on any atom is -0.454 e. The van der Waals surface area contributed by atoms with Crippen LogP contribution < -0.4 is 15.2 Å². The second kappa shape index (κ2) is 6.35. The van der Waals surface area contributed by atoms with Crippen molar-refractivity contribution in [2.45, 2.75) is 45.6 Å². The maximum absolute atomic E-state index is 5.61. The van der Waals surface area contributed by atoms with E-state index in [9.17, 15) is 0 Å². The summed E-state index contributed by atoms with van der Waals surface area (Å²) in [5.41, 5.74) is 7.75. The third-order valence-corrected chi connectivity index (χ3v) is 3.91. The van der Waals surface area contributed by atoms with Crippen molar-refractivity contribution in [1.82, 2.24) is 9.55 Å². The van der Waals surface area contributed by atoms with Crippen LogP contribution in [0.3, 0.4) is 0 Å². The lowest BCUT2D eigenvalue weighted by atomic mass is 10.2. The summed E-state index contributed by atoms with van der Waals surface area (Å²) in [4.78, 5) is 4.80. The first-order chi connectivity index (χ1) is 10.3. The van der Waals surface area contributed by atoms with Crippen molar-refractivity contribution >= 4 is 11.0 Å². The van der Waals surface area contributed by atoms with E-state index in [4.69, 9.17) is 20.2 Å². The van der Waals surface area contributed by atoms with Crippen LogP contribution in [0.2, 0.25) is 0 Å². The molecular formula is C16H23N3O2. The maximum atomic E-state index is 5.61. The summed E-state index contributed by atoms with van der Waals surface area (Å²) in [7, 11) is 0. The van der Waals surface area contributed by atoms with Crippen LogP contribution in [0.25, 0.3) is 11.0 Å². The van der Waals surface area contributed by atoms with E-state index in [2.05, 4.69) is 17.6 Å². The van der Waals surface area contributed by atoms with Crippen LogP contribution in [0.4, 0.5) is 0 Å². The molecule has 0 saturated heterocycles. The molecule has 0 fully saturated rings. The van der Waals surface area contributed by atoms with E-state index < -0.39 is 0 Å². The van der Waals surface area contributed by atoms with E-state index in [1.807, 2.05) is 6.07 Å². The van der Waals surface area contributed by atoms with Gasteiger partial charge in [0.25, 0.3) is 0 Å². The highest BCUT2D eigenvalue weighted by atomic mass is 16.7. The Morgan fingerprint density at radius 1 is 1.19 bits per heavy atom. The smallest absolute Gasteiger partial charge is 0.231 e. The van der Waals surface area contributed by atoms with Crippen molar-refractivity contribution in [2.24, 2.45) is 5.73 Å². The molecule has 0 amide bonds. The molecule has 5 nitrogen and oxygen atoms in total. The zero-order valence-corrected chi connectivity index (χ0v) is 12.6. The minimum absolute atomic E-state index is 0.303. The molecule has 2 heterocycles. The molecule has 114 valence electrons. The number of benzene rings is 1.